The van der Waals surface area contributed by atoms with Crippen LogP contribution < -0.4 is 0 Å². The van der Waals surface area contributed by atoms with Crippen molar-refractivity contribution >= 4 is 45.7 Å². The lowest BCUT2D eigenvalue weighted by Gasteiger charge is -2.35. The minimum absolute atomic E-state index is 0.749. The van der Waals surface area contributed by atoms with Gasteiger partial charge in [-0.1, -0.05) is 72.4 Å². The highest BCUT2D eigenvalue weighted by atomic mass is 35.5. The van der Waals surface area contributed by atoms with Gasteiger partial charge in [-0.2, -0.15) is 0 Å². The number of hydrogen-bond acceptors (Lipinski definition) is 2. The topological polar surface area (TPSA) is 11.4 Å². The van der Waals surface area contributed by atoms with E-state index in [-0.39, 0.29) is 0 Å². The third-order valence-corrected chi connectivity index (χ3v) is 8.53. The second-order valence-electron chi connectivity index (χ2n) is 10.1. The highest BCUT2D eigenvalue weighted by Crippen LogP contribution is 2.38. The summed E-state index contributed by atoms with van der Waals surface area (Å²) in [5, 5.41) is 3.60. The van der Waals surface area contributed by atoms with Crippen molar-refractivity contribution in [2.24, 2.45) is 0 Å². The van der Waals surface area contributed by atoms with Gasteiger partial charge in [0.1, 0.15) is 0 Å². The maximum atomic E-state index is 6.73. The Labute approximate surface area is 235 Å². The minimum atomic E-state index is 0.749. The van der Waals surface area contributed by atoms with Crippen LogP contribution in [-0.4, -0.2) is 40.5 Å². The Bertz CT molecular complexity index is 1350. The standard InChI is InChI=1S/C31H34Cl3N3/c1-3-4-13-37-21-25(31-22(2)7-5-10-29(31)34)24-18-23(11-12-30(24)37)19-35-14-16-36(17-15-35)20-26-27(32)8-6-9-28(26)33/h5-12,18,21H,3-4,13-17,19-20H2,1-2H3. The molecule has 6 heteroatoms. The third-order valence-electron chi connectivity index (χ3n) is 7.50. The lowest BCUT2D eigenvalue weighted by atomic mass is 9.99. The number of aromatic nitrogens is 1. The van der Waals surface area contributed by atoms with E-state index in [0.717, 1.165) is 78.4 Å². The number of hydrogen-bond donors (Lipinski definition) is 0. The van der Waals surface area contributed by atoms with Crippen LogP contribution in [0.2, 0.25) is 15.1 Å². The van der Waals surface area contributed by atoms with Crippen LogP contribution in [0.3, 0.4) is 0 Å². The van der Waals surface area contributed by atoms with Gasteiger partial charge in [0.05, 0.1) is 0 Å². The van der Waals surface area contributed by atoms with Crippen LogP contribution in [-0.2, 0) is 19.6 Å². The first kappa shape index (κ1) is 26.6. The van der Waals surface area contributed by atoms with Crippen LogP contribution in [0.15, 0.2) is 60.8 Å². The highest BCUT2D eigenvalue weighted by Gasteiger charge is 2.20. The van der Waals surface area contributed by atoms with Gasteiger partial charge >= 0.3 is 0 Å². The van der Waals surface area contributed by atoms with E-state index in [2.05, 4.69) is 58.7 Å². The molecule has 1 saturated heterocycles. The number of benzene rings is 3. The van der Waals surface area contributed by atoms with Crippen LogP contribution in [0.5, 0.6) is 0 Å². The predicted molar refractivity (Wildman–Crippen MR) is 159 cm³/mol. The normalized spacial score (nSPS) is 15.1. The zero-order valence-electron chi connectivity index (χ0n) is 21.6. The Morgan fingerprint density at radius 3 is 2.11 bits per heavy atom. The number of fused-ring (bicyclic) bond motifs is 1. The first-order valence-corrected chi connectivity index (χ1v) is 14.3. The Hall–Kier alpha value is -2.01. The van der Waals surface area contributed by atoms with Crippen LogP contribution in [0.1, 0.15) is 36.5 Å². The fourth-order valence-corrected chi connectivity index (χ4v) is 6.24. The van der Waals surface area contributed by atoms with Gasteiger partial charge in [-0.3, -0.25) is 9.80 Å². The van der Waals surface area contributed by atoms with Gasteiger partial charge in [0.15, 0.2) is 0 Å². The summed E-state index contributed by atoms with van der Waals surface area (Å²) in [5.74, 6) is 0. The van der Waals surface area contributed by atoms with Crippen LogP contribution in [0.4, 0.5) is 0 Å². The molecule has 0 saturated carbocycles. The monoisotopic (exact) mass is 553 g/mol. The van der Waals surface area contributed by atoms with Crippen molar-refractivity contribution in [1.29, 1.82) is 0 Å². The molecule has 3 nitrogen and oxygen atoms in total. The van der Waals surface area contributed by atoms with Gasteiger partial charge in [0.2, 0.25) is 0 Å². The van der Waals surface area contributed by atoms with Crippen LogP contribution in [0.25, 0.3) is 22.0 Å². The molecule has 0 spiro atoms. The van der Waals surface area contributed by atoms with E-state index < -0.39 is 0 Å². The summed E-state index contributed by atoms with van der Waals surface area (Å²) in [7, 11) is 0. The first-order chi connectivity index (χ1) is 17.9. The molecule has 37 heavy (non-hydrogen) atoms. The summed E-state index contributed by atoms with van der Waals surface area (Å²) < 4.78 is 2.40. The molecule has 0 amide bonds. The van der Waals surface area contributed by atoms with E-state index in [1.54, 1.807) is 0 Å². The second kappa shape index (κ2) is 11.8. The molecule has 0 bridgehead atoms. The van der Waals surface area contributed by atoms with Crippen molar-refractivity contribution in [3.05, 3.63) is 92.6 Å². The summed E-state index contributed by atoms with van der Waals surface area (Å²) in [6, 6.07) is 18.9. The maximum Gasteiger partial charge on any atom is 0.0487 e. The van der Waals surface area contributed by atoms with E-state index >= 15 is 0 Å². The van der Waals surface area contributed by atoms with Gasteiger partial charge in [-0.15, -0.1) is 0 Å². The molecule has 0 atom stereocenters. The molecule has 5 rings (SSSR count). The Kier molecular flexibility index (Phi) is 8.48. The summed E-state index contributed by atoms with van der Waals surface area (Å²) in [6.45, 7) is 11.2. The molecule has 194 valence electrons. The number of rotatable bonds is 8. The minimum Gasteiger partial charge on any atom is -0.347 e. The lowest BCUT2D eigenvalue weighted by Crippen LogP contribution is -2.45. The predicted octanol–water partition coefficient (Wildman–Crippen LogP) is 8.69. The Morgan fingerprint density at radius 2 is 1.43 bits per heavy atom. The van der Waals surface area contributed by atoms with Gasteiger partial charge in [-0.05, 0) is 54.8 Å². The van der Waals surface area contributed by atoms with Crippen molar-refractivity contribution in [2.75, 3.05) is 26.2 Å². The number of nitrogens with zero attached hydrogens (tertiary/aromatic N) is 3. The highest BCUT2D eigenvalue weighted by molar-refractivity contribution is 6.36. The van der Waals surface area contributed by atoms with Crippen molar-refractivity contribution in [1.82, 2.24) is 14.4 Å². The number of halogens is 3. The second-order valence-corrected chi connectivity index (χ2v) is 11.3. The molecule has 1 fully saturated rings. The average molecular weight is 555 g/mol. The lowest BCUT2D eigenvalue weighted by molar-refractivity contribution is 0.122. The largest absolute Gasteiger partial charge is 0.347 e. The van der Waals surface area contributed by atoms with Crippen molar-refractivity contribution < 1.29 is 0 Å². The number of unbranched alkanes of at least 4 members (excludes halogenated alkanes) is 1. The van der Waals surface area contributed by atoms with E-state index in [9.17, 15) is 0 Å². The molecular weight excluding hydrogens is 521 g/mol. The van der Waals surface area contributed by atoms with Crippen LogP contribution in [0, 0.1) is 6.92 Å². The Morgan fingerprint density at radius 1 is 0.784 bits per heavy atom. The molecular formula is C31H34Cl3N3. The van der Waals surface area contributed by atoms with E-state index in [4.69, 9.17) is 34.8 Å². The smallest absolute Gasteiger partial charge is 0.0487 e. The maximum absolute atomic E-state index is 6.73. The van der Waals surface area contributed by atoms with Crippen molar-refractivity contribution in [3.8, 4) is 11.1 Å². The molecule has 0 unspecified atom stereocenters. The zero-order chi connectivity index (χ0) is 25.9. The fourth-order valence-electron chi connectivity index (χ4n) is 5.40. The molecule has 0 N–H and O–H groups in total. The molecule has 1 aliphatic rings. The zero-order valence-corrected chi connectivity index (χ0v) is 23.9. The van der Waals surface area contributed by atoms with Gasteiger partial charge in [0.25, 0.3) is 0 Å². The van der Waals surface area contributed by atoms with Crippen molar-refractivity contribution in [3.63, 3.8) is 0 Å². The fraction of sp³-hybridized carbons (Fsp3) is 0.355. The average Bonchev–Trinajstić information content (AvgIpc) is 3.23. The van der Waals surface area contributed by atoms with Crippen LogP contribution >= 0.6 is 34.8 Å². The van der Waals surface area contributed by atoms with E-state index in [0.29, 0.717) is 0 Å². The number of piperazine rings is 1. The van der Waals surface area contributed by atoms with Gasteiger partial charge < -0.3 is 4.57 Å². The summed E-state index contributed by atoms with van der Waals surface area (Å²) in [5.41, 5.74) is 7.25. The summed E-state index contributed by atoms with van der Waals surface area (Å²) >= 11 is 19.5. The quantitative estimate of drug-likeness (QED) is 0.216. The van der Waals surface area contributed by atoms with E-state index in [1.807, 2.05) is 30.3 Å². The van der Waals surface area contributed by atoms with E-state index in [1.165, 1.54) is 34.0 Å². The first-order valence-electron chi connectivity index (χ1n) is 13.2. The molecule has 0 radical (unpaired) electrons. The Balaban J connectivity index is 1.35. The SMILES string of the molecule is CCCCn1cc(-c2c(C)cccc2Cl)c2cc(CN3CCN(Cc4c(Cl)cccc4Cl)CC3)ccc21. The van der Waals surface area contributed by atoms with Gasteiger partial charge in [-0.25, -0.2) is 0 Å². The van der Waals surface area contributed by atoms with Gasteiger partial charge in [0, 0.05) is 94.7 Å². The molecule has 1 aromatic heterocycles. The third kappa shape index (κ3) is 5.87. The molecule has 4 aromatic rings. The molecule has 1 aliphatic heterocycles. The summed E-state index contributed by atoms with van der Waals surface area (Å²) in [4.78, 5) is 4.99. The molecule has 3 aromatic carbocycles. The molecule has 0 aliphatic carbocycles. The van der Waals surface area contributed by atoms with Crippen molar-refractivity contribution in [2.45, 2.75) is 46.3 Å². The number of aryl methyl sites for hydroxylation is 2. The molecule has 2 heterocycles. The summed E-state index contributed by atoms with van der Waals surface area (Å²) in [6.07, 6.45) is 4.64.